The Balaban J connectivity index is 0.000000321. The highest BCUT2D eigenvalue weighted by Crippen LogP contribution is 2.25. The molecule has 3 aliphatic heterocycles. The predicted octanol–water partition coefficient (Wildman–Crippen LogP) is 1.40. The number of hydrogen-bond donors (Lipinski definition) is 2. The Kier molecular flexibility index (Phi) is 16.4. The van der Waals surface area contributed by atoms with E-state index in [1.54, 1.807) is 23.5 Å². The summed E-state index contributed by atoms with van der Waals surface area (Å²) >= 11 is 6.20. The van der Waals surface area contributed by atoms with Crippen molar-refractivity contribution < 1.29 is 36.0 Å². The Morgan fingerprint density at radius 2 is 1.77 bits per heavy atom. The van der Waals surface area contributed by atoms with Crippen molar-refractivity contribution >= 4 is 66.4 Å². The number of thiocarbonyl (C=S) groups is 1. The fourth-order valence-electron chi connectivity index (χ4n) is 1.62. The second-order valence-corrected chi connectivity index (χ2v) is 11.3. The van der Waals surface area contributed by atoms with Crippen molar-refractivity contribution in [3.63, 3.8) is 0 Å². The van der Waals surface area contributed by atoms with Gasteiger partial charge in [-0.05, 0) is 19.3 Å². The molecule has 13 heteroatoms. The number of esters is 1. The van der Waals surface area contributed by atoms with E-state index in [1.165, 1.54) is 11.5 Å². The molecule has 0 aromatic carbocycles. The van der Waals surface area contributed by atoms with E-state index in [0.717, 1.165) is 22.8 Å². The summed E-state index contributed by atoms with van der Waals surface area (Å²) in [5.74, 6) is 3.25. The Hall–Kier alpha value is 0.240. The van der Waals surface area contributed by atoms with Crippen LogP contribution >= 0.6 is 35.7 Å². The van der Waals surface area contributed by atoms with Gasteiger partial charge in [-0.2, -0.15) is 4.21 Å². The molecule has 3 rings (SSSR count). The molecule has 0 radical (unpaired) electrons. The number of aliphatic hydroxyl groups is 1. The highest BCUT2D eigenvalue weighted by Gasteiger charge is 2.16. The SMILES string of the molecule is O=C1CCCO1.O=S(O)OCCO.O=S1(=O)CCCC1.S=C1SCCS1. The summed E-state index contributed by atoms with van der Waals surface area (Å²) < 4.78 is 47.8. The summed E-state index contributed by atoms with van der Waals surface area (Å²) in [6.45, 7) is 0.314. The first-order valence-corrected chi connectivity index (χ1v) is 13.0. The fraction of sp³-hybridized carbons (Fsp3) is 0.846. The fourth-order valence-corrected chi connectivity index (χ4v) is 5.66. The van der Waals surface area contributed by atoms with Gasteiger partial charge in [-0.1, -0.05) is 12.2 Å². The number of aliphatic hydroxyl groups excluding tert-OH is 1. The van der Waals surface area contributed by atoms with Crippen LogP contribution in [0.25, 0.3) is 0 Å². The van der Waals surface area contributed by atoms with E-state index < -0.39 is 21.2 Å². The topological polar surface area (TPSA) is 127 Å². The van der Waals surface area contributed by atoms with Crippen LogP contribution in [0.1, 0.15) is 25.7 Å². The Labute approximate surface area is 170 Å². The minimum absolute atomic E-state index is 0.0463. The molecule has 0 aromatic heterocycles. The van der Waals surface area contributed by atoms with Crippen molar-refractivity contribution in [1.29, 1.82) is 0 Å². The zero-order valence-electron chi connectivity index (χ0n) is 14.2. The van der Waals surface area contributed by atoms with E-state index in [9.17, 15) is 17.4 Å². The second kappa shape index (κ2) is 16.2. The van der Waals surface area contributed by atoms with Gasteiger partial charge in [0.1, 0.15) is 13.4 Å². The first kappa shape index (κ1) is 26.2. The molecular weight excluding hydrogens is 444 g/mol. The average molecular weight is 469 g/mol. The number of hydrogen-bond acceptors (Lipinski definition) is 10. The van der Waals surface area contributed by atoms with Crippen LogP contribution in [-0.2, 0) is 34.9 Å². The lowest BCUT2D eigenvalue weighted by Gasteiger charge is -1.89. The quantitative estimate of drug-likeness (QED) is 0.354. The van der Waals surface area contributed by atoms with E-state index in [-0.39, 0.29) is 19.2 Å². The van der Waals surface area contributed by atoms with Crippen molar-refractivity contribution in [2.45, 2.75) is 25.7 Å². The highest BCUT2D eigenvalue weighted by atomic mass is 32.2. The van der Waals surface area contributed by atoms with Crippen molar-refractivity contribution in [2.24, 2.45) is 0 Å². The normalized spacial score (nSPS) is 21.3. The summed E-state index contributed by atoms with van der Waals surface area (Å²) in [6.07, 6.45) is 3.30. The number of carbonyl (C=O) groups is 1. The highest BCUT2D eigenvalue weighted by molar-refractivity contribution is 8.49. The molecule has 3 aliphatic rings. The summed E-state index contributed by atoms with van der Waals surface area (Å²) in [4.78, 5) is 10.0. The lowest BCUT2D eigenvalue weighted by Crippen LogP contribution is -2.00. The zero-order valence-corrected chi connectivity index (χ0v) is 18.2. The number of carbonyl (C=O) groups excluding carboxylic acids is 1. The van der Waals surface area contributed by atoms with Gasteiger partial charge in [-0.25, -0.2) is 8.42 Å². The summed E-state index contributed by atoms with van der Waals surface area (Å²) in [6, 6.07) is 0. The maximum Gasteiger partial charge on any atom is 0.305 e. The Morgan fingerprint density at radius 3 is 1.92 bits per heavy atom. The van der Waals surface area contributed by atoms with Crippen LogP contribution in [0.5, 0.6) is 0 Å². The van der Waals surface area contributed by atoms with Gasteiger partial charge < -0.3 is 9.84 Å². The number of thioether (sulfide) groups is 2. The third-order valence-corrected chi connectivity index (χ3v) is 7.90. The molecule has 26 heavy (non-hydrogen) atoms. The van der Waals surface area contributed by atoms with Gasteiger partial charge in [0.2, 0.25) is 0 Å². The lowest BCUT2D eigenvalue weighted by atomic mass is 10.4. The van der Waals surface area contributed by atoms with Gasteiger partial charge >= 0.3 is 17.3 Å². The van der Waals surface area contributed by atoms with Gasteiger partial charge in [0.25, 0.3) is 0 Å². The maximum atomic E-state index is 10.4. The standard InChI is InChI=1S/C4H8O2S.C4H6O2.C3H4S3.C2H6O4S/c5-7(6)3-1-2-4-7;5-4-2-1-3-6-4;4-3-5-1-2-6-3;3-1-2-6-7(4)5/h1-4H2;1-3H2;1-2H2;3H,1-2H2,(H,4,5). The van der Waals surface area contributed by atoms with E-state index in [4.69, 9.17) is 21.9 Å². The minimum Gasteiger partial charge on any atom is -0.466 e. The minimum atomic E-state index is -2.55. The smallest absolute Gasteiger partial charge is 0.305 e. The summed E-state index contributed by atoms with van der Waals surface area (Å²) in [5.41, 5.74) is 0. The van der Waals surface area contributed by atoms with Crippen molar-refractivity contribution in [2.75, 3.05) is 42.8 Å². The van der Waals surface area contributed by atoms with E-state index >= 15 is 0 Å². The van der Waals surface area contributed by atoms with Gasteiger partial charge in [0, 0.05) is 17.9 Å². The van der Waals surface area contributed by atoms with Gasteiger partial charge in [0.05, 0.1) is 31.3 Å². The van der Waals surface area contributed by atoms with Crippen molar-refractivity contribution in [3.8, 4) is 0 Å². The van der Waals surface area contributed by atoms with Gasteiger partial charge in [0.15, 0.2) is 0 Å². The lowest BCUT2D eigenvalue weighted by molar-refractivity contribution is -0.137. The molecule has 154 valence electrons. The largest absolute Gasteiger partial charge is 0.466 e. The molecule has 0 saturated carbocycles. The molecule has 3 fully saturated rings. The van der Waals surface area contributed by atoms with Crippen LogP contribution in [-0.4, -0.2) is 74.6 Å². The molecule has 1 unspecified atom stereocenters. The number of rotatable bonds is 3. The first-order valence-electron chi connectivity index (χ1n) is 7.77. The molecule has 0 aliphatic carbocycles. The van der Waals surface area contributed by atoms with E-state index in [2.05, 4.69) is 8.92 Å². The van der Waals surface area contributed by atoms with Crippen LogP contribution < -0.4 is 0 Å². The molecule has 3 saturated heterocycles. The first-order chi connectivity index (χ1) is 12.3. The Bertz CT molecular complexity index is 489. The molecule has 0 bridgehead atoms. The van der Waals surface area contributed by atoms with Crippen molar-refractivity contribution in [1.82, 2.24) is 0 Å². The molecular formula is C13H24O8S5. The molecule has 1 atom stereocenters. The zero-order chi connectivity index (χ0) is 19.8. The molecule has 0 aromatic rings. The number of sulfone groups is 1. The molecule has 3 heterocycles. The van der Waals surface area contributed by atoms with Crippen LogP contribution in [0.15, 0.2) is 0 Å². The third kappa shape index (κ3) is 17.6. The predicted molar refractivity (Wildman–Crippen MR) is 109 cm³/mol. The van der Waals surface area contributed by atoms with Crippen LogP contribution in [0.4, 0.5) is 0 Å². The van der Waals surface area contributed by atoms with E-state index in [0.29, 0.717) is 24.5 Å². The van der Waals surface area contributed by atoms with E-state index in [1.807, 2.05) is 0 Å². The average Bonchev–Trinajstić information content (AvgIpc) is 3.32. The van der Waals surface area contributed by atoms with Crippen LogP contribution in [0.3, 0.4) is 0 Å². The monoisotopic (exact) mass is 468 g/mol. The van der Waals surface area contributed by atoms with Crippen molar-refractivity contribution in [3.05, 3.63) is 0 Å². The third-order valence-electron chi connectivity index (χ3n) is 2.75. The Morgan fingerprint density at radius 1 is 1.19 bits per heavy atom. The summed E-state index contributed by atoms with van der Waals surface area (Å²) in [5, 5.41) is 7.94. The molecule has 2 N–H and O–H groups in total. The maximum absolute atomic E-state index is 10.4. The van der Waals surface area contributed by atoms with Gasteiger partial charge in [-0.15, -0.1) is 23.5 Å². The molecule has 8 nitrogen and oxygen atoms in total. The van der Waals surface area contributed by atoms with Crippen LogP contribution in [0.2, 0.25) is 0 Å². The molecule has 0 spiro atoms. The number of ether oxygens (including phenoxy) is 1. The molecule has 0 amide bonds. The second-order valence-electron chi connectivity index (χ2n) is 4.89. The number of cyclic esters (lactones) is 1. The van der Waals surface area contributed by atoms with Gasteiger partial charge in [-0.3, -0.25) is 13.5 Å². The summed E-state index contributed by atoms with van der Waals surface area (Å²) in [7, 11) is -2.55. The van der Waals surface area contributed by atoms with Crippen LogP contribution in [0, 0.1) is 0 Å².